The second-order valence-corrected chi connectivity index (χ2v) is 8.53. The molecule has 0 radical (unpaired) electrons. The lowest BCUT2D eigenvalue weighted by atomic mass is 10.1. The van der Waals surface area contributed by atoms with Gasteiger partial charge in [0.05, 0.1) is 10.5 Å². The minimum atomic E-state index is -1.38. The van der Waals surface area contributed by atoms with Crippen LogP contribution in [0, 0.1) is 10.1 Å². The van der Waals surface area contributed by atoms with Crippen LogP contribution in [0.25, 0.3) is 0 Å². The van der Waals surface area contributed by atoms with Crippen molar-refractivity contribution in [3.8, 4) is 0 Å². The first-order chi connectivity index (χ1) is 20.0. The molecule has 0 amide bonds. The molecule has 0 spiro atoms. The van der Waals surface area contributed by atoms with Crippen molar-refractivity contribution in [2.45, 2.75) is 0 Å². The minimum Gasteiger partial charge on any atom is -0.478 e. The summed E-state index contributed by atoms with van der Waals surface area (Å²) in [6.07, 6.45) is 0. The third-order valence-electron chi connectivity index (χ3n) is 5.67. The number of anilines is 6. The zero-order valence-corrected chi connectivity index (χ0v) is 21.3. The molecule has 0 saturated carbocycles. The summed E-state index contributed by atoms with van der Waals surface area (Å²) in [6, 6.07) is 31.2. The fraction of sp³-hybridized carbons (Fsp3) is 0. The van der Waals surface area contributed by atoms with Gasteiger partial charge in [0.25, 0.3) is 5.69 Å². The van der Waals surface area contributed by atoms with Gasteiger partial charge in [-0.25, -0.2) is 4.79 Å². The molecular formula is C29H22N8O4. The van der Waals surface area contributed by atoms with Crippen molar-refractivity contribution >= 4 is 57.7 Å². The van der Waals surface area contributed by atoms with E-state index in [0.29, 0.717) is 11.4 Å². The highest BCUT2D eigenvalue weighted by Crippen LogP contribution is 2.38. The summed E-state index contributed by atoms with van der Waals surface area (Å²) in [6.45, 7) is 0. The zero-order valence-electron chi connectivity index (χ0n) is 21.3. The van der Waals surface area contributed by atoms with E-state index in [0.717, 1.165) is 17.8 Å². The number of azo groups is 1. The number of nitro groups is 1. The van der Waals surface area contributed by atoms with Gasteiger partial charge in [0, 0.05) is 29.2 Å². The van der Waals surface area contributed by atoms with Crippen molar-refractivity contribution in [2.75, 3.05) is 16.0 Å². The van der Waals surface area contributed by atoms with Gasteiger partial charge < -0.3 is 21.1 Å². The Balaban J connectivity index is 1.65. The van der Waals surface area contributed by atoms with Crippen molar-refractivity contribution < 1.29 is 14.8 Å². The summed E-state index contributed by atoms with van der Waals surface area (Å²) in [4.78, 5) is 31.6. The maximum absolute atomic E-state index is 11.9. The summed E-state index contributed by atoms with van der Waals surface area (Å²) >= 11 is 0. The number of hydrogen-bond donors (Lipinski definition) is 4. The van der Waals surface area contributed by atoms with E-state index in [1.807, 2.05) is 91.0 Å². The van der Waals surface area contributed by atoms with Crippen LogP contribution in [-0.2, 0) is 0 Å². The monoisotopic (exact) mass is 546 g/mol. The highest BCUT2D eigenvalue weighted by molar-refractivity contribution is 5.94. The number of benzene rings is 4. The zero-order chi connectivity index (χ0) is 28.6. The minimum absolute atomic E-state index is 0.0779. The van der Waals surface area contributed by atoms with Crippen LogP contribution >= 0.6 is 0 Å². The topological polar surface area (TPSA) is 167 Å². The highest BCUT2D eigenvalue weighted by Gasteiger charge is 2.19. The summed E-state index contributed by atoms with van der Waals surface area (Å²) in [5.74, 6) is -0.587. The van der Waals surface area contributed by atoms with Crippen LogP contribution in [0.5, 0.6) is 0 Å². The molecule has 202 valence electrons. The average Bonchev–Trinajstić information content (AvgIpc) is 2.98. The Morgan fingerprint density at radius 1 is 0.707 bits per heavy atom. The Morgan fingerprint density at radius 3 is 1.66 bits per heavy atom. The van der Waals surface area contributed by atoms with Gasteiger partial charge in [-0.1, -0.05) is 54.6 Å². The lowest BCUT2D eigenvalue weighted by Crippen LogP contribution is -2.05. The third kappa shape index (κ3) is 6.64. The standard InChI is InChI=1S/C29H22N8O4/c38-28(39)23-18-22(37(40)41)16-17-24(23)35-36-25-26(30-19-10-4-1-5-11-19)33-29(32-21-14-8-3-9-15-21)34-27(25)31-20-12-6-2-7-13-20/h1-18H,(H,38,39)(H3,30,31,32,33,34). The Labute approximate surface area is 233 Å². The number of hydrogen-bond acceptors (Lipinski definition) is 10. The Kier molecular flexibility index (Phi) is 7.82. The number of non-ortho nitro benzene ring substituents is 1. The predicted molar refractivity (Wildman–Crippen MR) is 155 cm³/mol. The van der Waals surface area contributed by atoms with Gasteiger partial charge in [0.1, 0.15) is 5.69 Å². The van der Waals surface area contributed by atoms with E-state index in [2.05, 4.69) is 36.1 Å². The summed E-state index contributed by atoms with van der Waals surface area (Å²) in [5, 5.41) is 39.0. The number of carbonyl (C=O) groups is 1. The van der Waals surface area contributed by atoms with Crippen LogP contribution in [0.2, 0.25) is 0 Å². The number of aromatic nitrogens is 2. The number of para-hydroxylation sites is 3. The lowest BCUT2D eigenvalue weighted by molar-refractivity contribution is -0.384. The van der Waals surface area contributed by atoms with Crippen LogP contribution in [-0.4, -0.2) is 26.0 Å². The Hall–Kier alpha value is -6.17. The fourth-order valence-electron chi connectivity index (χ4n) is 3.75. The molecule has 0 fully saturated rings. The molecule has 0 bridgehead atoms. The van der Waals surface area contributed by atoms with Crippen molar-refractivity contribution in [1.29, 1.82) is 0 Å². The van der Waals surface area contributed by atoms with Gasteiger partial charge >= 0.3 is 5.97 Å². The first kappa shape index (κ1) is 26.4. The van der Waals surface area contributed by atoms with Gasteiger partial charge in [-0.3, -0.25) is 10.1 Å². The molecule has 1 heterocycles. The van der Waals surface area contributed by atoms with Gasteiger partial charge in [0.15, 0.2) is 17.3 Å². The summed E-state index contributed by atoms with van der Waals surface area (Å²) < 4.78 is 0. The molecule has 0 atom stereocenters. The number of nitrogens with one attached hydrogen (secondary N) is 3. The highest BCUT2D eigenvalue weighted by atomic mass is 16.6. The van der Waals surface area contributed by atoms with Crippen LogP contribution < -0.4 is 16.0 Å². The molecule has 41 heavy (non-hydrogen) atoms. The maximum Gasteiger partial charge on any atom is 0.338 e. The van der Waals surface area contributed by atoms with Crippen molar-refractivity contribution in [1.82, 2.24) is 9.97 Å². The molecule has 4 aromatic carbocycles. The molecule has 5 rings (SSSR count). The van der Waals surface area contributed by atoms with Crippen molar-refractivity contribution in [3.05, 3.63) is 125 Å². The molecule has 0 aliphatic rings. The number of carboxylic acids is 1. The number of nitrogens with zero attached hydrogens (tertiary/aromatic N) is 5. The molecule has 12 heteroatoms. The van der Waals surface area contributed by atoms with Gasteiger partial charge in [-0.15, -0.1) is 10.2 Å². The molecule has 0 aliphatic heterocycles. The van der Waals surface area contributed by atoms with E-state index in [-0.39, 0.29) is 40.2 Å². The predicted octanol–water partition coefficient (Wildman–Crippen LogP) is 7.73. The van der Waals surface area contributed by atoms with Crippen LogP contribution in [0.1, 0.15) is 10.4 Å². The molecule has 12 nitrogen and oxygen atoms in total. The van der Waals surface area contributed by atoms with E-state index in [1.54, 1.807) is 0 Å². The third-order valence-corrected chi connectivity index (χ3v) is 5.67. The van der Waals surface area contributed by atoms with Gasteiger partial charge in [-0.2, -0.15) is 9.97 Å². The second kappa shape index (κ2) is 12.1. The van der Waals surface area contributed by atoms with Crippen molar-refractivity contribution in [2.24, 2.45) is 10.2 Å². The Morgan fingerprint density at radius 2 is 1.20 bits per heavy atom. The maximum atomic E-state index is 11.9. The van der Waals surface area contributed by atoms with Crippen molar-refractivity contribution in [3.63, 3.8) is 0 Å². The van der Waals surface area contributed by atoms with E-state index in [9.17, 15) is 20.0 Å². The summed E-state index contributed by atoms with van der Waals surface area (Å²) in [7, 11) is 0. The molecule has 0 aliphatic carbocycles. The first-order valence-corrected chi connectivity index (χ1v) is 12.3. The summed E-state index contributed by atoms with van der Waals surface area (Å²) in [5.41, 5.74) is 1.52. The van der Waals surface area contributed by atoms with E-state index < -0.39 is 10.9 Å². The average molecular weight is 547 g/mol. The Bertz CT molecular complexity index is 1650. The molecule has 1 aromatic heterocycles. The number of rotatable bonds is 10. The molecular weight excluding hydrogens is 524 g/mol. The largest absolute Gasteiger partial charge is 0.478 e. The second-order valence-electron chi connectivity index (χ2n) is 8.53. The van der Waals surface area contributed by atoms with E-state index in [4.69, 9.17) is 0 Å². The fourth-order valence-corrected chi connectivity index (χ4v) is 3.75. The first-order valence-electron chi connectivity index (χ1n) is 12.3. The number of carboxylic acid groups (broad SMARTS) is 1. The molecule has 0 saturated heterocycles. The van der Waals surface area contributed by atoms with Gasteiger partial charge in [0.2, 0.25) is 5.95 Å². The number of aromatic carboxylic acids is 1. The number of nitro benzene ring substituents is 1. The van der Waals surface area contributed by atoms with Crippen LogP contribution in [0.4, 0.5) is 51.7 Å². The van der Waals surface area contributed by atoms with Crippen LogP contribution in [0.3, 0.4) is 0 Å². The quantitative estimate of drug-likeness (QED) is 0.0778. The normalized spacial score (nSPS) is 10.7. The van der Waals surface area contributed by atoms with E-state index >= 15 is 0 Å². The lowest BCUT2D eigenvalue weighted by Gasteiger charge is -2.15. The SMILES string of the molecule is O=C(O)c1cc([N+](=O)[O-])ccc1N=Nc1c(Nc2ccccc2)nc(Nc2ccccc2)nc1Nc1ccccc1. The molecule has 0 unspecified atom stereocenters. The smallest absolute Gasteiger partial charge is 0.338 e. The molecule has 5 aromatic rings. The van der Waals surface area contributed by atoms with Crippen LogP contribution in [0.15, 0.2) is 119 Å². The van der Waals surface area contributed by atoms with E-state index in [1.165, 1.54) is 6.07 Å². The van der Waals surface area contributed by atoms with Gasteiger partial charge in [-0.05, 0) is 42.5 Å². The molecule has 4 N–H and O–H groups in total.